The molecule has 0 N–H and O–H groups in total. The normalized spacial score (nSPS) is 16.5. The number of rotatable bonds is 5. The summed E-state index contributed by atoms with van der Waals surface area (Å²) in [4.78, 5) is 30.0. The molecule has 0 radical (unpaired) electrons. The number of benzene rings is 1. The number of piperazine rings is 1. The molecule has 1 atom stereocenters. The monoisotopic (exact) mass is 455 g/mol. The molecule has 1 aromatic carbocycles. The van der Waals surface area contributed by atoms with Crippen LogP contribution in [0.2, 0.25) is 0 Å². The second kappa shape index (κ2) is 9.23. The van der Waals surface area contributed by atoms with Crippen molar-refractivity contribution in [1.29, 1.82) is 0 Å². The summed E-state index contributed by atoms with van der Waals surface area (Å²) in [5, 5.41) is 11.1. The molecule has 0 spiro atoms. The number of thiophene rings is 1. The SMILES string of the molecule is Cc1ccccc1-n1c(C)nnc1SCC(=O)N1CCN(C(=O)c2cccs2)C(C)C1. The average molecular weight is 456 g/mol. The zero-order valence-electron chi connectivity index (χ0n) is 17.8. The van der Waals surface area contributed by atoms with Crippen LogP contribution >= 0.6 is 23.1 Å². The van der Waals surface area contributed by atoms with Crippen LogP contribution in [0, 0.1) is 13.8 Å². The lowest BCUT2D eigenvalue weighted by molar-refractivity contribution is -0.130. The first-order valence-electron chi connectivity index (χ1n) is 10.2. The van der Waals surface area contributed by atoms with Crippen LogP contribution in [-0.2, 0) is 4.79 Å². The predicted octanol–water partition coefficient (Wildman–Crippen LogP) is 3.41. The molecule has 162 valence electrons. The summed E-state index contributed by atoms with van der Waals surface area (Å²) in [6.45, 7) is 7.59. The Morgan fingerprint density at radius 1 is 1.13 bits per heavy atom. The van der Waals surface area contributed by atoms with Crippen LogP contribution in [0.15, 0.2) is 46.9 Å². The highest BCUT2D eigenvalue weighted by Crippen LogP contribution is 2.25. The molecule has 3 heterocycles. The first kappa shape index (κ1) is 21.6. The van der Waals surface area contributed by atoms with Gasteiger partial charge < -0.3 is 9.80 Å². The van der Waals surface area contributed by atoms with Crippen LogP contribution in [0.25, 0.3) is 5.69 Å². The summed E-state index contributed by atoms with van der Waals surface area (Å²) < 4.78 is 1.99. The van der Waals surface area contributed by atoms with E-state index < -0.39 is 0 Å². The van der Waals surface area contributed by atoms with Gasteiger partial charge in [-0.3, -0.25) is 14.2 Å². The zero-order valence-corrected chi connectivity index (χ0v) is 19.4. The van der Waals surface area contributed by atoms with E-state index in [1.165, 1.54) is 23.1 Å². The van der Waals surface area contributed by atoms with E-state index in [1.54, 1.807) is 0 Å². The first-order chi connectivity index (χ1) is 15.0. The van der Waals surface area contributed by atoms with Gasteiger partial charge in [-0.05, 0) is 43.8 Å². The van der Waals surface area contributed by atoms with Gasteiger partial charge in [-0.2, -0.15) is 0 Å². The number of para-hydroxylation sites is 1. The molecule has 2 amide bonds. The number of aryl methyl sites for hydroxylation is 2. The molecular weight excluding hydrogens is 430 g/mol. The van der Waals surface area contributed by atoms with Crippen LogP contribution in [0.1, 0.15) is 28.0 Å². The summed E-state index contributed by atoms with van der Waals surface area (Å²) in [6, 6.07) is 11.8. The smallest absolute Gasteiger partial charge is 0.264 e. The molecule has 1 aliphatic rings. The van der Waals surface area contributed by atoms with Gasteiger partial charge in [0.15, 0.2) is 5.16 Å². The molecule has 9 heteroatoms. The van der Waals surface area contributed by atoms with Gasteiger partial charge in [0.2, 0.25) is 5.91 Å². The fraction of sp³-hybridized carbons (Fsp3) is 0.364. The topological polar surface area (TPSA) is 71.3 Å². The Bertz CT molecular complexity index is 1080. The van der Waals surface area contributed by atoms with Gasteiger partial charge >= 0.3 is 0 Å². The highest BCUT2D eigenvalue weighted by Gasteiger charge is 2.30. The molecule has 4 rings (SSSR count). The molecule has 1 unspecified atom stereocenters. The highest BCUT2D eigenvalue weighted by atomic mass is 32.2. The van der Waals surface area contributed by atoms with Crippen LogP contribution in [0.4, 0.5) is 0 Å². The third kappa shape index (κ3) is 4.52. The minimum absolute atomic E-state index is 0.0184. The highest BCUT2D eigenvalue weighted by molar-refractivity contribution is 7.99. The maximum absolute atomic E-state index is 12.9. The lowest BCUT2D eigenvalue weighted by Gasteiger charge is -2.39. The Morgan fingerprint density at radius 2 is 1.94 bits per heavy atom. The summed E-state index contributed by atoms with van der Waals surface area (Å²) in [6.07, 6.45) is 0. The molecule has 0 saturated carbocycles. The Kier molecular flexibility index (Phi) is 6.43. The molecule has 1 saturated heterocycles. The van der Waals surface area contributed by atoms with E-state index in [4.69, 9.17) is 0 Å². The van der Waals surface area contributed by atoms with E-state index >= 15 is 0 Å². The van der Waals surface area contributed by atoms with E-state index in [1.807, 2.05) is 76.9 Å². The molecule has 0 aliphatic carbocycles. The second-order valence-electron chi connectivity index (χ2n) is 7.60. The maximum Gasteiger partial charge on any atom is 0.264 e. The third-order valence-corrected chi connectivity index (χ3v) is 7.22. The summed E-state index contributed by atoms with van der Waals surface area (Å²) in [5.41, 5.74) is 2.15. The number of aromatic nitrogens is 3. The number of thioether (sulfide) groups is 1. The molecule has 3 aromatic rings. The lowest BCUT2D eigenvalue weighted by atomic mass is 10.2. The van der Waals surface area contributed by atoms with E-state index in [2.05, 4.69) is 10.2 Å². The number of hydrogen-bond donors (Lipinski definition) is 0. The molecular formula is C22H25N5O2S2. The molecule has 1 fully saturated rings. The third-order valence-electron chi connectivity index (χ3n) is 5.45. The van der Waals surface area contributed by atoms with Crippen molar-refractivity contribution < 1.29 is 9.59 Å². The number of hydrogen-bond acceptors (Lipinski definition) is 6. The van der Waals surface area contributed by atoms with Crippen LogP contribution in [0.3, 0.4) is 0 Å². The zero-order chi connectivity index (χ0) is 22.0. The predicted molar refractivity (Wildman–Crippen MR) is 123 cm³/mol. The van der Waals surface area contributed by atoms with Gasteiger partial charge in [0.25, 0.3) is 5.91 Å². The Balaban J connectivity index is 1.39. The van der Waals surface area contributed by atoms with Crippen molar-refractivity contribution in [3.63, 3.8) is 0 Å². The lowest BCUT2D eigenvalue weighted by Crippen LogP contribution is -2.55. The van der Waals surface area contributed by atoms with Gasteiger partial charge in [-0.15, -0.1) is 21.5 Å². The maximum atomic E-state index is 12.9. The van der Waals surface area contributed by atoms with Gasteiger partial charge in [-0.25, -0.2) is 0 Å². The van der Waals surface area contributed by atoms with Crippen molar-refractivity contribution in [1.82, 2.24) is 24.6 Å². The quantitative estimate of drug-likeness (QED) is 0.552. The summed E-state index contributed by atoms with van der Waals surface area (Å²) in [7, 11) is 0. The minimum atomic E-state index is -0.0184. The Morgan fingerprint density at radius 3 is 2.65 bits per heavy atom. The van der Waals surface area contributed by atoms with E-state index in [0.29, 0.717) is 24.8 Å². The van der Waals surface area contributed by atoms with E-state index in [0.717, 1.165) is 22.0 Å². The van der Waals surface area contributed by atoms with Crippen LogP contribution in [-0.4, -0.2) is 67.8 Å². The number of carbonyl (C=O) groups excluding carboxylic acids is 2. The number of carbonyl (C=O) groups is 2. The number of nitrogens with zero attached hydrogens (tertiary/aromatic N) is 5. The fourth-order valence-electron chi connectivity index (χ4n) is 3.77. The van der Waals surface area contributed by atoms with Crippen molar-refractivity contribution in [3.05, 3.63) is 58.0 Å². The fourth-order valence-corrected chi connectivity index (χ4v) is 5.35. The average Bonchev–Trinajstić information content (AvgIpc) is 3.42. The first-order valence-corrected chi connectivity index (χ1v) is 12.1. The van der Waals surface area contributed by atoms with Crippen molar-refractivity contribution in [2.45, 2.75) is 32.0 Å². The second-order valence-corrected chi connectivity index (χ2v) is 9.50. The van der Waals surface area contributed by atoms with Crippen molar-refractivity contribution in [3.8, 4) is 5.69 Å². The van der Waals surface area contributed by atoms with Crippen molar-refractivity contribution >= 4 is 34.9 Å². The van der Waals surface area contributed by atoms with Crippen molar-refractivity contribution in [2.24, 2.45) is 0 Å². The summed E-state index contributed by atoms with van der Waals surface area (Å²) in [5.74, 6) is 1.18. The summed E-state index contributed by atoms with van der Waals surface area (Å²) >= 11 is 2.85. The molecule has 7 nitrogen and oxygen atoms in total. The van der Waals surface area contributed by atoms with Gasteiger partial charge in [0.05, 0.1) is 16.3 Å². The molecule has 31 heavy (non-hydrogen) atoms. The molecule has 1 aliphatic heterocycles. The minimum Gasteiger partial charge on any atom is -0.338 e. The largest absolute Gasteiger partial charge is 0.338 e. The molecule has 0 bridgehead atoms. The van der Waals surface area contributed by atoms with Gasteiger partial charge in [0.1, 0.15) is 5.82 Å². The van der Waals surface area contributed by atoms with Crippen LogP contribution in [0.5, 0.6) is 0 Å². The van der Waals surface area contributed by atoms with E-state index in [-0.39, 0.29) is 23.6 Å². The Hall–Kier alpha value is -2.65. The van der Waals surface area contributed by atoms with Crippen LogP contribution < -0.4 is 0 Å². The molecule has 2 aromatic heterocycles. The Labute approximate surface area is 190 Å². The standard InChI is InChI=1S/C22H25N5O2S2/c1-15-7-4-5-8-18(15)27-17(3)23-24-22(27)31-14-20(28)25-10-11-26(16(2)13-25)21(29)19-9-6-12-30-19/h4-9,12,16H,10-11,13-14H2,1-3H3. The van der Waals surface area contributed by atoms with E-state index in [9.17, 15) is 9.59 Å². The van der Waals surface area contributed by atoms with Gasteiger partial charge in [0, 0.05) is 25.7 Å². The number of amides is 2. The van der Waals surface area contributed by atoms with Crippen molar-refractivity contribution in [2.75, 3.05) is 25.4 Å². The van der Waals surface area contributed by atoms with Gasteiger partial charge in [-0.1, -0.05) is 36.0 Å².